The summed E-state index contributed by atoms with van der Waals surface area (Å²) in [4.78, 5) is 43.2. The van der Waals surface area contributed by atoms with Crippen LogP contribution < -0.4 is 11.1 Å². The van der Waals surface area contributed by atoms with E-state index < -0.39 is 11.9 Å². The van der Waals surface area contributed by atoms with Gasteiger partial charge in [0.15, 0.2) is 0 Å². The van der Waals surface area contributed by atoms with Crippen molar-refractivity contribution in [3.8, 4) is 0 Å². The zero-order chi connectivity index (χ0) is 26.6. The molecule has 0 spiro atoms. The number of amides is 3. The molecule has 200 valence electrons. The molecule has 1 aliphatic carbocycles. The maximum Gasteiger partial charge on any atom is 0.244 e. The number of benzene rings is 1. The van der Waals surface area contributed by atoms with Gasteiger partial charge >= 0.3 is 0 Å². The second-order valence-electron chi connectivity index (χ2n) is 9.55. The predicted molar refractivity (Wildman–Crippen MR) is 139 cm³/mol. The number of carbonyl (C=O) groups excluding carboxylic acids is 3. The number of aromatic nitrogens is 1. The Morgan fingerprint density at radius 2 is 1.76 bits per heavy atom. The van der Waals surface area contributed by atoms with Crippen LogP contribution in [-0.2, 0) is 20.8 Å². The average Bonchev–Trinajstić information content (AvgIpc) is 2.92. The van der Waals surface area contributed by atoms with Crippen LogP contribution in [0.25, 0.3) is 0 Å². The van der Waals surface area contributed by atoms with E-state index in [1.807, 2.05) is 12.1 Å². The molecule has 0 unspecified atom stereocenters. The molecule has 1 heterocycles. The van der Waals surface area contributed by atoms with Crippen LogP contribution in [0.3, 0.4) is 0 Å². The molecule has 9 nitrogen and oxygen atoms in total. The number of nitrogens with two attached hydrogens (primary N) is 1. The fraction of sp³-hybridized carbons (Fsp3) is 0.500. The van der Waals surface area contributed by atoms with Crippen molar-refractivity contribution in [3.05, 3.63) is 65.5 Å². The lowest BCUT2D eigenvalue weighted by Crippen LogP contribution is -2.42. The second-order valence-corrected chi connectivity index (χ2v) is 9.55. The molecule has 1 saturated carbocycles. The van der Waals surface area contributed by atoms with Crippen molar-refractivity contribution in [3.63, 3.8) is 0 Å². The van der Waals surface area contributed by atoms with Crippen molar-refractivity contribution in [2.75, 3.05) is 26.3 Å². The van der Waals surface area contributed by atoms with Crippen molar-refractivity contribution in [1.29, 1.82) is 0 Å². The highest BCUT2D eigenvalue weighted by Gasteiger charge is 2.34. The molecular formula is C28H38N4O5. The van der Waals surface area contributed by atoms with E-state index in [2.05, 4.69) is 22.4 Å². The molecule has 0 radical (unpaired) electrons. The standard InChI is InChI=1S/C28H38N4O5/c29-27(36)26(22-6-4-14-30-19-22)31-28(37)24-8-2-1-7-23(24)21-12-10-20(11-13-21)5-3-9-25(35)32(15-17-33)16-18-34/h4,6,10-14,19,23-24,26,33-34H,1-3,5,7-9,15-18H2,(H2,29,36)(H,31,37)/t23-,24+,26-/m0/s1. The fourth-order valence-electron chi connectivity index (χ4n) is 5.09. The van der Waals surface area contributed by atoms with Gasteiger partial charge in [-0.3, -0.25) is 19.4 Å². The number of carbonyl (C=O) groups is 3. The van der Waals surface area contributed by atoms with E-state index in [1.54, 1.807) is 18.3 Å². The van der Waals surface area contributed by atoms with Crippen LogP contribution >= 0.6 is 0 Å². The topological polar surface area (TPSA) is 146 Å². The number of aliphatic hydroxyl groups excluding tert-OH is 2. The highest BCUT2D eigenvalue weighted by molar-refractivity contribution is 5.89. The first-order valence-corrected chi connectivity index (χ1v) is 13.0. The lowest BCUT2D eigenvalue weighted by molar-refractivity contribution is -0.132. The monoisotopic (exact) mass is 510 g/mol. The van der Waals surface area contributed by atoms with Crippen LogP contribution in [0.5, 0.6) is 0 Å². The van der Waals surface area contributed by atoms with E-state index in [9.17, 15) is 14.4 Å². The highest BCUT2D eigenvalue weighted by Crippen LogP contribution is 2.38. The SMILES string of the molecule is NC(=O)[C@@H](NC(=O)[C@@H]1CCCC[C@H]1c1ccc(CCCC(=O)N(CCO)CCO)cc1)c1cccnc1. The third kappa shape index (κ3) is 8.10. The third-order valence-corrected chi connectivity index (χ3v) is 7.05. The quantitative estimate of drug-likeness (QED) is 0.323. The van der Waals surface area contributed by atoms with Crippen molar-refractivity contribution in [1.82, 2.24) is 15.2 Å². The zero-order valence-corrected chi connectivity index (χ0v) is 21.2. The van der Waals surface area contributed by atoms with E-state index in [0.717, 1.165) is 43.2 Å². The van der Waals surface area contributed by atoms with Gasteiger partial charge in [-0.15, -0.1) is 0 Å². The molecule has 3 rings (SSSR count). The molecule has 1 fully saturated rings. The number of pyridine rings is 1. The van der Waals surface area contributed by atoms with Gasteiger partial charge < -0.3 is 26.2 Å². The van der Waals surface area contributed by atoms with Gasteiger partial charge in [0.05, 0.1) is 13.2 Å². The molecule has 5 N–H and O–H groups in total. The first kappa shape index (κ1) is 28.3. The number of nitrogens with zero attached hydrogens (tertiary/aromatic N) is 2. The van der Waals surface area contributed by atoms with Crippen LogP contribution in [0.2, 0.25) is 0 Å². The number of nitrogens with one attached hydrogen (secondary N) is 1. The summed E-state index contributed by atoms with van der Waals surface area (Å²) in [6.45, 7) is 0.208. The number of aliphatic hydroxyl groups is 2. The summed E-state index contributed by atoms with van der Waals surface area (Å²) < 4.78 is 0. The van der Waals surface area contributed by atoms with Crippen LogP contribution in [0, 0.1) is 5.92 Å². The number of hydrogen-bond acceptors (Lipinski definition) is 6. The van der Waals surface area contributed by atoms with Crippen LogP contribution in [0.15, 0.2) is 48.8 Å². The Bertz CT molecular complexity index is 1010. The van der Waals surface area contributed by atoms with Gasteiger partial charge in [-0.1, -0.05) is 43.2 Å². The Labute approximate surface area is 218 Å². The molecule has 0 aliphatic heterocycles. The van der Waals surface area contributed by atoms with Crippen LogP contribution in [0.1, 0.15) is 67.2 Å². The molecule has 3 atom stereocenters. The minimum Gasteiger partial charge on any atom is -0.395 e. The van der Waals surface area contributed by atoms with Crippen molar-refractivity contribution in [2.45, 2.75) is 56.9 Å². The summed E-state index contributed by atoms with van der Waals surface area (Å²) in [6.07, 6.45) is 8.54. The van der Waals surface area contributed by atoms with E-state index in [0.29, 0.717) is 18.4 Å². The average molecular weight is 511 g/mol. The second kappa shape index (κ2) is 14.4. The van der Waals surface area contributed by atoms with Gasteiger partial charge in [0.1, 0.15) is 6.04 Å². The fourth-order valence-corrected chi connectivity index (χ4v) is 5.09. The summed E-state index contributed by atoms with van der Waals surface area (Å²) in [5, 5.41) is 21.1. The lowest BCUT2D eigenvalue weighted by Gasteiger charge is -2.32. The Morgan fingerprint density at radius 3 is 2.38 bits per heavy atom. The predicted octanol–water partition coefficient (Wildman–Crippen LogP) is 1.83. The van der Waals surface area contributed by atoms with Crippen LogP contribution in [-0.4, -0.2) is 64.1 Å². The highest BCUT2D eigenvalue weighted by atomic mass is 16.3. The number of aryl methyl sites for hydroxylation is 1. The Morgan fingerprint density at radius 1 is 1.05 bits per heavy atom. The molecule has 2 aromatic rings. The maximum atomic E-state index is 13.3. The number of primary amides is 1. The minimum absolute atomic E-state index is 0.0531. The molecule has 1 aliphatic rings. The summed E-state index contributed by atoms with van der Waals surface area (Å²) in [7, 11) is 0. The lowest BCUT2D eigenvalue weighted by atomic mass is 9.74. The first-order chi connectivity index (χ1) is 17.9. The van der Waals surface area contributed by atoms with E-state index in [1.165, 1.54) is 11.1 Å². The molecule has 0 saturated heterocycles. The minimum atomic E-state index is -0.917. The molecule has 37 heavy (non-hydrogen) atoms. The molecule has 1 aromatic carbocycles. The smallest absolute Gasteiger partial charge is 0.244 e. The molecular weight excluding hydrogens is 472 g/mol. The molecule has 3 amide bonds. The normalized spacial score (nSPS) is 18.1. The number of rotatable bonds is 13. The summed E-state index contributed by atoms with van der Waals surface area (Å²) >= 11 is 0. The van der Waals surface area contributed by atoms with Gasteiger partial charge in [-0.2, -0.15) is 0 Å². The largest absolute Gasteiger partial charge is 0.395 e. The summed E-state index contributed by atoms with van der Waals surface area (Å²) in [5.41, 5.74) is 8.35. The van der Waals surface area contributed by atoms with Crippen molar-refractivity contribution in [2.24, 2.45) is 11.7 Å². The van der Waals surface area contributed by atoms with Crippen molar-refractivity contribution >= 4 is 17.7 Å². The maximum absolute atomic E-state index is 13.3. The van der Waals surface area contributed by atoms with Crippen molar-refractivity contribution < 1.29 is 24.6 Å². The Kier molecular flexibility index (Phi) is 11.0. The zero-order valence-electron chi connectivity index (χ0n) is 21.2. The summed E-state index contributed by atoms with van der Waals surface area (Å²) in [5.74, 6) is -1.06. The molecule has 1 aromatic heterocycles. The Balaban J connectivity index is 1.60. The van der Waals surface area contributed by atoms with Gasteiger partial charge in [-0.25, -0.2) is 0 Å². The number of hydrogen-bond donors (Lipinski definition) is 4. The molecule has 0 bridgehead atoms. The van der Waals surface area contributed by atoms with Gasteiger partial charge in [0, 0.05) is 43.4 Å². The van der Waals surface area contributed by atoms with Gasteiger partial charge in [-0.05, 0) is 48.8 Å². The third-order valence-electron chi connectivity index (χ3n) is 7.05. The molecule has 9 heteroatoms. The van der Waals surface area contributed by atoms with E-state index in [4.69, 9.17) is 15.9 Å². The van der Waals surface area contributed by atoms with Gasteiger partial charge in [0.25, 0.3) is 0 Å². The van der Waals surface area contributed by atoms with Gasteiger partial charge in [0.2, 0.25) is 17.7 Å². The van der Waals surface area contributed by atoms with E-state index >= 15 is 0 Å². The van der Waals surface area contributed by atoms with Crippen LogP contribution in [0.4, 0.5) is 0 Å². The summed E-state index contributed by atoms with van der Waals surface area (Å²) in [6, 6.07) is 10.7. The Hall–Kier alpha value is -3.30. The van der Waals surface area contributed by atoms with E-state index in [-0.39, 0.29) is 50.0 Å². The first-order valence-electron chi connectivity index (χ1n) is 13.0.